The molecule has 3 aromatic heterocycles. The Balaban J connectivity index is 1.85. The van der Waals surface area contributed by atoms with Gasteiger partial charge in [-0.25, -0.2) is 9.37 Å². The van der Waals surface area contributed by atoms with Crippen molar-refractivity contribution in [3.63, 3.8) is 0 Å². The van der Waals surface area contributed by atoms with Crippen molar-refractivity contribution in [2.75, 3.05) is 5.32 Å². The van der Waals surface area contributed by atoms with Crippen LogP contribution in [-0.4, -0.2) is 36.8 Å². The van der Waals surface area contributed by atoms with E-state index in [2.05, 4.69) is 20.3 Å². The quantitative estimate of drug-likeness (QED) is 0.225. The van der Waals surface area contributed by atoms with Crippen LogP contribution in [0.5, 0.6) is 0 Å². The Labute approximate surface area is 195 Å². The number of unbranched alkanes of at least 4 members (excludes halogenated alkanes) is 1. The van der Waals surface area contributed by atoms with E-state index in [9.17, 15) is 23.9 Å². The van der Waals surface area contributed by atoms with Gasteiger partial charge in [0.05, 0.1) is 30.6 Å². The lowest BCUT2D eigenvalue weighted by molar-refractivity contribution is -0.116. The number of hydrogen-bond acceptors (Lipinski definition) is 6. The molecule has 180 valence electrons. The molecular formula is C24H28FN5O4. The summed E-state index contributed by atoms with van der Waals surface area (Å²) in [7, 11) is 0. The van der Waals surface area contributed by atoms with Gasteiger partial charge in [-0.2, -0.15) is 0 Å². The molecule has 0 saturated carbocycles. The summed E-state index contributed by atoms with van der Waals surface area (Å²) >= 11 is 0. The molecule has 0 aliphatic rings. The molecule has 0 saturated heterocycles. The van der Waals surface area contributed by atoms with Gasteiger partial charge in [-0.3, -0.25) is 19.4 Å². The van der Waals surface area contributed by atoms with Gasteiger partial charge < -0.3 is 20.0 Å². The van der Waals surface area contributed by atoms with Crippen LogP contribution in [0.2, 0.25) is 0 Å². The van der Waals surface area contributed by atoms with Gasteiger partial charge in [-0.1, -0.05) is 19.9 Å². The highest BCUT2D eigenvalue weighted by Crippen LogP contribution is 2.21. The minimum atomic E-state index is -0.566. The summed E-state index contributed by atoms with van der Waals surface area (Å²) < 4.78 is 15.6. The maximum Gasteiger partial charge on any atom is 0.275 e. The topological polar surface area (TPSA) is 130 Å². The van der Waals surface area contributed by atoms with Crippen molar-refractivity contribution in [2.45, 2.75) is 52.7 Å². The standard InChI is InChI=1S/C24H28FN5O4/c1-15(2)11-19-23-22(17(25)12-26-19)28-20(29-23)13-30-16(14-32)8-9-18(24(30)34)27-21(33)7-5-3-4-6-10-31/h4,6,8-10,12,15,32H,3,5,7,11,13-14H2,1-2H3,(H,27,33)(H,28,29)/b6-4+. The number of H-pyrrole nitrogens is 1. The van der Waals surface area contributed by atoms with Crippen LogP contribution in [0.15, 0.2) is 35.3 Å². The summed E-state index contributed by atoms with van der Waals surface area (Å²) in [5.41, 5.74) is 1.19. The molecule has 0 bridgehead atoms. The van der Waals surface area contributed by atoms with Crippen LogP contribution in [-0.2, 0) is 29.2 Å². The maximum absolute atomic E-state index is 14.3. The fourth-order valence-electron chi connectivity index (χ4n) is 3.60. The zero-order valence-electron chi connectivity index (χ0n) is 19.2. The molecule has 1 amide bonds. The van der Waals surface area contributed by atoms with Gasteiger partial charge in [-0.15, -0.1) is 0 Å². The highest BCUT2D eigenvalue weighted by Gasteiger charge is 2.17. The van der Waals surface area contributed by atoms with E-state index in [1.807, 2.05) is 13.8 Å². The fourth-order valence-corrected chi connectivity index (χ4v) is 3.60. The van der Waals surface area contributed by atoms with E-state index in [0.29, 0.717) is 54.2 Å². The van der Waals surface area contributed by atoms with Crippen molar-refractivity contribution >= 4 is 28.9 Å². The monoisotopic (exact) mass is 469 g/mol. The van der Waals surface area contributed by atoms with Gasteiger partial charge >= 0.3 is 0 Å². The molecule has 0 aromatic carbocycles. The first-order chi connectivity index (χ1) is 16.3. The summed E-state index contributed by atoms with van der Waals surface area (Å²) in [6.45, 7) is 3.61. The smallest absolute Gasteiger partial charge is 0.275 e. The van der Waals surface area contributed by atoms with Crippen LogP contribution in [0.3, 0.4) is 0 Å². The first kappa shape index (κ1) is 25.0. The zero-order valence-corrected chi connectivity index (χ0v) is 19.2. The van der Waals surface area contributed by atoms with E-state index in [0.717, 1.165) is 6.20 Å². The molecule has 3 N–H and O–H groups in total. The molecule has 34 heavy (non-hydrogen) atoms. The van der Waals surface area contributed by atoms with Crippen LogP contribution in [0, 0.1) is 11.7 Å². The summed E-state index contributed by atoms with van der Waals surface area (Å²) in [4.78, 5) is 47.1. The second-order valence-electron chi connectivity index (χ2n) is 8.35. The van der Waals surface area contributed by atoms with Gasteiger partial charge in [0.25, 0.3) is 5.56 Å². The number of carbonyl (C=O) groups excluding carboxylic acids is 2. The molecule has 3 aromatic rings. The van der Waals surface area contributed by atoms with Crippen LogP contribution in [0.4, 0.5) is 10.1 Å². The molecule has 0 spiro atoms. The van der Waals surface area contributed by atoms with Gasteiger partial charge in [-0.05, 0) is 43.4 Å². The van der Waals surface area contributed by atoms with Gasteiger partial charge in [0.1, 0.15) is 23.3 Å². The average molecular weight is 470 g/mol. The van der Waals surface area contributed by atoms with E-state index in [-0.39, 0.29) is 30.1 Å². The second kappa shape index (κ2) is 11.5. The Hall–Kier alpha value is -3.66. The predicted octanol–water partition coefficient (Wildman–Crippen LogP) is 2.86. The number of nitrogens with zero attached hydrogens (tertiary/aromatic N) is 3. The third kappa shape index (κ3) is 6.02. The van der Waals surface area contributed by atoms with Crippen molar-refractivity contribution in [1.82, 2.24) is 19.5 Å². The number of anilines is 1. The number of imidazole rings is 1. The number of halogens is 1. The number of carbonyl (C=O) groups is 2. The number of hydrogen-bond donors (Lipinski definition) is 3. The Kier molecular flexibility index (Phi) is 8.42. The maximum atomic E-state index is 14.3. The number of allylic oxidation sites excluding steroid dienone is 2. The lowest BCUT2D eigenvalue weighted by Gasteiger charge is -2.13. The Morgan fingerprint density at radius 2 is 2.15 bits per heavy atom. The predicted molar refractivity (Wildman–Crippen MR) is 126 cm³/mol. The summed E-state index contributed by atoms with van der Waals surface area (Å²) in [5.74, 6) is -0.272. The molecule has 9 nitrogen and oxygen atoms in total. The van der Waals surface area contributed by atoms with Crippen LogP contribution >= 0.6 is 0 Å². The molecule has 0 atom stereocenters. The van der Waals surface area contributed by atoms with Crippen LogP contribution in [0.1, 0.15) is 50.3 Å². The minimum Gasteiger partial charge on any atom is -0.390 e. The Morgan fingerprint density at radius 1 is 1.35 bits per heavy atom. The normalized spacial score (nSPS) is 11.6. The number of fused-ring (bicyclic) bond motifs is 1. The third-order valence-corrected chi connectivity index (χ3v) is 5.20. The number of aromatic amines is 1. The number of aromatic nitrogens is 4. The van der Waals surface area contributed by atoms with Gasteiger partial charge in [0.15, 0.2) is 5.82 Å². The van der Waals surface area contributed by atoms with Crippen LogP contribution < -0.4 is 10.9 Å². The van der Waals surface area contributed by atoms with Crippen molar-refractivity contribution in [3.05, 3.63) is 63.9 Å². The van der Waals surface area contributed by atoms with Crippen molar-refractivity contribution in [2.24, 2.45) is 5.92 Å². The van der Waals surface area contributed by atoms with E-state index < -0.39 is 18.0 Å². The van der Waals surface area contributed by atoms with Gasteiger partial charge in [0, 0.05) is 12.1 Å². The number of rotatable bonds is 11. The number of aldehydes is 1. The van der Waals surface area contributed by atoms with E-state index in [1.54, 1.807) is 12.1 Å². The van der Waals surface area contributed by atoms with Crippen LogP contribution in [0.25, 0.3) is 11.0 Å². The second-order valence-corrected chi connectivity index (χ2v) is 8.35. The summed E-state index contributed by atoms with van der Waals surface area (Å²) in [6.07, 6.45) is 6.75. The highest BCUT2D eigenvalue weighted by molar-refractivity contribution is 5.90. The van der Waals surface area contributed by atoms with Crippen molar-refractivity contribution < 1.29 is 19.1 Å². The first-order valence-corrected chi connectivity index (χ1v) is 11.1. The van der Waals surface area contributed by atoms with Crippen molar-refractivity contribution in [3.8, 4) is 0 Å². The average Bonchev–Trinajstić information content (AvgIpc) is 3.23. The van der Waals surface area contributed by atoms with Crippen molar-refractivity contribution in [1.29, 1.82) is 0 Å². The largest absolute Gasteiger partial charge is 0.390 e. The minimum absolute atomic E-state index is 0.0514. The SMILES string of the molecule is CC(C)Cc1ncc(F)c2nc(Cn3c(CO)ccc(NC(=O)CCC/C=C/C=O)c3=O)[nH]c12. The molecule has 0 unspecified atom stereocenters. The molecule has 3 heterocycles. The molecule has 3 rings (SSSR count). The third-order valence-electron chi connectivity index (χ3n) is 5.20. The van der Waals surface area contributed by atoms with E-state index >= 15 is 0 Å². The Morgan fingerprint density at radius 3 is 2.85 bits per heavy atom. The fraction of sp³-hybridized carbons (Fsp3) is 0.375. The lowest BCUT2D eigenvalue weighted by atomic mass is 10.1. The highest BCUT2D eigenvalue weighted by atomic mass is 19.1. The molecule has 10 heteroatoms. The molecule has 0 aliphatic carbocycles. The number of pyridine rings is 2. The molecular weight excluding hydrogens is 441 g/mol. The molecule has 0 radical (unpaired) electrons. The zero-order chi connectivity index (χ0) is 24.7. The van der Waals surface area contributed by atoms with E-state index in [1.165, 1.54) is 16.7 Å². The number of nitrogens with one attached hydrogen (secondary N) is 2. The molecule has 0 aliphatic heterocycles. The van der Waals surface area contributed by atoms with E-state index in [4.69, 9.17) is 0 Å². The first-order valence-electron chi connectivity index (χ1n) is 11.1. The number of aliphatic hydroxyl groups excluding tert-OH is 1. The summed E-state index contributed by atoms with van der Waals surface area (Å²) in [6, 6.07) is 2.98. The van der Waals surface area contributed by atoms with Gasteiger partial charge in [0.2, 0.25) is 5.91 Å². The lowest BCUT2D eigenvalue weighted by Crippen LogP contribution is -2.28. The number of aliphatic hydroxyl groups is 1. The summed E-state index contributed by atoms with van der Waals surface area (Å²) in [5, 5.41) is 12.3. The number of amides is 1. The Bertz CT molecular complexity index is 1260. The molecule has 0 fully saturated rings.